The van der Waals surface area contributed by atoms with Crippen LogP contribution < -0.4 is 5.32 Å². The van der Waals surface area contributed by atoms with Crippen LogP contribution in [0.1, 0.15) is 24.5 Å². The SMILES string of the molecule is CNc1ccc(-c2nccc(C3CCOCC3)n2)cc1. The van der Waals surface area contributed by atoms with Crippen molar-refractivity contribution < 1.29 is 4.74 Å². The number of benzene rings is 1. The maximum atomic E-state index is 5.41. The lowest BCUT2D eigenvalue weighted by Gasteiger charge is -2.21. The molecular weight excluding hydrogens is 250 g/mol. The van der Waals surface area contributed by atoms with Crippen molar-refractivity contribution in [3.05, 3.63) is 42.2 Å². The predicted molar refractivity (Wildman–Crippen MR) is 79.8 cm³/mol. The van der Waals surface area contributed by atoms with Gasteiger partial charge < -0.3 is 10.1 Å². The van der Waals surface area contributed by atoms with E-state index in [-0.39, 0.29) is 0 Å². The minimum Gasteiger partial charge on any atom is -0.388 e. The second-order valence-electron chi connectivity index (χ2n) is 5.02. The highest BCUT2D eigenvalue weighted by molar-refractivity contribution is 5.59. The first kappa shape index (κ1) is 13.1. The van der Waals surface area contributed by atoms with Gasteiger partial charge in [0.1, 0.15) is 0 Å². The van der Waals surface area contributed by atoms with Crippen molar-refractivity contribution in [3.8, 4) is 11.4 Å². The third-order valence-corrected chi connectivity index (χ3v) is 3.75. The third-order valence-electron chi connectivity index (χ3n) is 3.75. The van der Waals surface area contributed by atoms with Gasteiger partial charge in [-0.15, -0.1) is 0 Å². The van der Waals surface area contributed by atoms with Gasteiger partial charge in [0.15, 0.2) is 5.82 Å². The van der Waals surface area contributed by atoms with Crippen LogP contribution in [-0.4, -0.2) is 30.2 Å². The minimum atomic E-state index is 0.502. The van der Waals surface area contributed by atoms with Gasteiger partial charge in [-0.1, -0.05) is 0 Å². The van der Waals surface area contributed by atoms with Crippen LogP contribution >= 0.6 is 0 Å². The normalized spacial score (nSPS) is 16.1. The van der Waals surface area contributed by atoms with Crippen LogP contribution in [0, 0.1) is 0 Å². The van der Waals surface area contributed by atoms with Gasteiger partial charge in [-0.2, -0.15) is 0 Å². The quantitative estimate of drug-likeness (QED) is 0.930. The Morgan fingerprint density at radius 2 is 1.85 bits per heavy atom. The Kier molecular flexibility index (Phi) is 3.92. The van der Waals surface area contributed by atoms with Gasteiger partial charge in [-0.25, -0.2) is 9.97 Å². The molecule has 1 aliphatic rings. The molecule has 3 rings (SSSR count). The van der Waals surface area contributed by atoms with Crippen LogP contribution in [0.2, 0.25) is 0 Å². The highest BCUT2D eigenvalue weighted by atomic mass is 16.5. The van der Waals surface area contributed by atoms with E-state index in [4.69, 9.17) is 9.72 Å². The van der Waals surface area contributed by atoms with Gasteiger partial charge in [-0.05, 0) is 43.2 Å². The molecule has 0 spiro atoms. The lowest BCUT2D eigenvalue weighted by Crippen LogP contribution is -2.15. The van der Waals surface area contributed by atoms with E-state index < -0.39 is 0 Å². The fourth-order valence-electron chi connectivity index (χ4n) is 2.52. The van der Waals surface area contributed by atoms with Crippen LogP contribution in [-0.2, 0) is 4.74 Å². The van der Waals surface area contributed by atoms with E-state index in [0.29, 0.717) is 5.92 Å². The van der Waals surface area contributed by atoms with E-state index in [1.54, 1.807) is 0 Å². The lowest BCUT2D eigenvalue weighted by molar-refractivity contribution is 0.0845. The van der Waals surface area contributed by atoms with E-state index in [2.05, 4.69) is 22.4 Å². The topological polar surface area (TPSA) is 47.0 Å². The van der Waals surface area contributed by atoms with E-state index in [9.17, 15) is 0 Å². The fourth-order valence-corrected chi connectivity index (χ4v) is 2.52. The Morgan fingerprint density at radius 3 is 2.55 bits per heavy atom. The molecule has 0 saturated carbocycles. The third kappa shape index (κ3) is 2.80. The van der Waals surface area contributed by atoms with Crippen LogP contribution in [0.3, 0.4) is 0 Å². The number of nitrogens with zero attached hydrogens (tertiary/aromatic N) is 2. The number of hydrogen-bond acceptors (Lipinski definition) is 4. The summed E-state index contributed by atoms with van der Waals surface area (Å²) in [7, 11) is 1.91. The van der Waals surface area contributed by atoms with Crippen molar-refractivity contribution in [2.75, 3.05) is 25.6 Å². The Labute approximate surface area is 119 Å². The fraction of sp³-hybridized carbons (Fsp3) is 0.375. The van der Waals surface area contributed by atoms with Crippen LogP contribution in [0.4, 0.5) is 5.69 Å². The highest BCUT2D eigenvalue weighted by Gasteiger charge is 2.17. The number of aromatic nitrogens is 2. The molecule has 0 aliphatic carbocycles. The molecule has 20 heavy (non-hydrogen) atoms. The largest absolute Gasteiger partial charge is 0.388 e. The van der Waals surface area contributed by atoms with Gasteiger partial charge in [0.2, 0.25) is 0 Å². The molecule has 0 amide bonds. The Hall–Kier alpha value is -1.94. The summed E-state index contributed by atoms with van der Waals surface area (Å²) in [4.78, 5) is 9.13. The summed E-state index contributed by atoms with van der Waals surface area (Å²) in [6.07, 6.45) is 3.96. The van der Waals surface area contributed by atoms with E-state index in [0.717, 1.165) is 48.8 Å². The highest BCUT2D eigenvalue weighted by Crippen LogP contribution is 2.26. The number of rotatable bonds is 3. The summed E-state index contributed by atoms with van der Waals surface area (Å²) in [5.41, 5.74) is 3.28. The number of hydrogen-bond donors (Lipinski definition) is 1. The molecule has 1 aliphatic heterocycles. The molecule has 1 saturated heterocycles. The van der Waals surface area contributed by atoms with Gasteiger partial charge in [0.25, 0.3) is 0 Å². The van der Waals surface area contributed by atoms with Crippen LogP contribution in [0.25, 0.3) is 11.4 Å². The molecule has 4 heteroatoms. The number of nitrogens with one attached hydrogen (secondary N) is 1. The van der Waals surface area contributed by atoms with Crippen molar-refractivity contribution in [2.24, 2.45) is 0 Å². The summed E-state index contributed by atoms with van der Waals surface area (Å²) >= 11 is 0. The molecule has 1 fully saturated rings. The number of anilines is 1. The first-order valence-corrected chi connectivity index (χ1v) is 7.05. The minimum absolute atomic E-state index is 0.502. The summed E-state index contributed by atoms with van der Waals surface area (Å²) in [6.45, 7) is 1.67. The molecule has 2 aromatic rings. The van der Waals surface area contributed by atoms with E-state index >= 15 is 0 Å². The summed E-state index contributed by atoms with van der Waals surface area (Å²) in [5, 5.41) is 3.11. The summed E-state index contributed by atoms with van der Waals surface area (Å²) < 4.78 is 5.41. The molecule has 104 valence electrons. The molecule has 0 bridgehead atoms. The Morgan fingerprint density at radius 1 is 1.10 bits per heavy atom. The van der Waals surface area contributed by atoms with Crippen molar-refractivity contribution in [1.29, 1.82) is 0 Å². The first-order valence-electron chi connectivity index (χ1n) is 7.05. The van der Waals surface area contributed by atoms with Crippen molar-refractivity contribution in [3.63, 3.8) is 0 Å². The molecule has 1 aromatic carbocycles. The van der Waals surface area contributed by atoms with Gasteiger partial charge in [0, 0.05) is 49.3 Å². The van der Waals surface area contributed by atoms with Crippen LogP contribution in [0.15, 0.2) is 36.5 Å². The zero-order valence-corrected chi connectivity index (χ0v) is 11.7. The van der Waals surface area contributed by atoms with E-state index in [1.807, 2.05) is 31.4 Å². The average molecular weight is 269 g/mol. The molecule has 0 unspecified atom stereocenters. The molecule has 0 radical (unpaired) electrons. The number of ether oxygens (including phenoxy) is 1. The standard InChI is InChI=1S/C16H19N3O/c1-17-14-4-2-13(3-5-14)16-18-9-6-15(19-16)12-7-10-20-11-8-12/h2-6,9,12,17H,7-8,10-11H2,1H3. The second kappa shape index (κ2) is 6.01. The summed E-state index contributed by atoms with van der Waals surface area (Å²) in [5.74, 6) is 1.30. The summed E-state index contributed by atoms with van der Waals surface area (Å²) in [6, 6.07) is 10.2. The predicted octanol–water partition coefficient (Wildman–Crippen LogP) is 3.08. The molecule has 0 atom stereocenters. The Balaban J connectivity index is 1.85. The van der Waals surface area contributed by atoms with Gasteiger partial charge in [-0.3, -0.25) is 0 Å². The van der Waals surface area contributed by atoms with Crippen LogP contribution in [0.5, 0.6) is 0 Å². The maximum Gasteiger partial charge on any atom is 0.159 e. The van der Waals surface area contributed by atoms with Crippen molar-refractivity contribution in [1.82, 2.24) is 9.97 Å². The second-order valence-corrected chi connectivity index (χ2v) is 5.02. The maximum absolute atomic E-state index is 5.41. The monoisotopic (exact) mass is 269 g/mol. The smallest absolute Gasteiger partial charge is 0.159 e. The zero-order valence-electron chi connectivity index (χ0n) is 11.7. The van der Waals surface area contributed by atoms with Gasteiger partial charge in [0.05, 0.1) is 0 Å². The average Bonchev–Trinajstić information content (AvgIpc) is 2.56. The Bertz CT molecular complexity index is 562. The van der Waals surface area contributed by atoms with E-state index in [1.165, 1.54) is 0 Å². The molecule has 1 N–H and O–H groups in total. The molecule has 1 aromatic heterocycles. The lowest BCUT2D eigenvalue weighted by atomic mass is 9.96. The zero-order chi connectivity index (χ0) is 13.8. The van der Waals surface area contributed by atoms with Crippen molar-refractivity contribution >= 4 is 5.69 Å². The van der Waals surface area contributed by atoms with Crippen molar-refractivity contribution in [2.45, 2.75) is 18.8 Å². The molecule has 4 nitrogen and oxygen atoms in total. The first-order chi connectivity index (χ1) is 9.86. The van der Waals surface area contributed by atoms with Gasteiger partial charge >= 0.3 is 0 Å². The molecule has 2 heterocycles. The molecular formula is C16H19N3O.